The SMILES string of the molecule is O=C(CC1CSc2nc3c(c(=O)n21)CCC3)N1CCC(c2nnc(-c3ccco3)o2)CC1. The highest BCUT2D eigenvalue weighted by Crippen LogP contribution is 2.35. The van der Waals surface area contributed by atoms with Gasteiger partial charge in [0.15, 0.2) is 10.9 Å². The molecule has 0 spiro atoms. The van der Waals surface area contributed by atoms with E-state index in [1.807, 2.05) is 4.90 Å². The molecule has 0 saturated carbocycles. The van der Waals surface area contributed by atoms with E-state index in [1.54, 1.807) is 34.7 Å². The Morgan fingerprint density at radius 2 is 2.09 bits per heavy atom. The van der Waals surface area contributed by atoms with Gasteiger partial charge >= 0.3 is 0 Å². The largest absolute Gasteiger partial charge is 0.459 e. The molecule has 1 aliphatic carbocycles. The lowest BCUT2D eigenvalue weighted by atomic mass is 9.96. The Bertz CT molecular complexity index is 1210. The third-order valence-corrected chi connectivity index (χ3v) is 7.75. The zero-order valence-electron chi connectivity index (χ0n) is 17.5. The summed E-state index contributed by atoms with van der Waals surface area (Å²) in [6.07, 6.45) is 6.15. The molecule has 32 heavy (non-hydrogen) atoms. The van der Waals surface area contributed by atoms with Gasteiger partial charge in [-0.05, 0) is 44.2 Å². The van der Waals surface area contributed by atoms with Crippen LogP contribution in [-0.4, -0.2) is 49.4 Å². The second-order valence-corrected chi connectivity index (χ2v) is 9.58. The van der Waals surface area contributed by atoms with Crippen LogP contribution in [0.4, 0.5) is 0 Å². The van der Waals surface area contributed by atoms with Crippen molar-refractivity contribution >= 4 is 17.7 Å². The summed E-state index contributed by atoms with van der Waals surface area (Å²) < 4.78 is 12.9. The van der Waals surface area contributed by atoms with Gasteiger partial charge in [-0.1, -0.05) is 11.8 Å². The summed E-state index contributed by atoms with van der Waals surface area (Å²) >= 11 is 1.59. The molecule has 1 unspecified atom stereocenters. The fourth-order valence-electron chi connectivity index (χ4n) is 4.91. The van der Waals surface area contributed by atoms with Crippen LogP contribution in [0.2, 0.25) is 0 Å². The van der Waals surface area contributed by atoms with Gasteiger partial charge in [0.2, 0.25) is 11.8 Å². The summed E-state index contributed by atoms with van der Waals surface area (Å²) in [5.41, 5.74) is 1.87. The minimum absolute atomic E-state index is 0.0627. The molecule has 2 aliphatic heterocycles. The van der Waals surface area contributed by atoms with Gasteiger partial charge < -0.3 is 13.7 Å². The van der Waals surface area contributed by atoms with Crippen molar-refractivity contribution in [3.05, 3.63) is 45.9 Å². The lowest BCUT2D eigenvalue weighted by Gasteiger charge is -2.31. The van der Waals surface area contributed by atoms with Crippen molar-refractivity contribution in [2.24, 2.45) is 0 Å². The smallest absolute Gasteiger partial charge is 0.283 e. The molecule has 0 radical (unpaired) electrons. The lowest BCUT2D eigenvalue weighted by Crippen LogP contribution is -2.39. The first kappa shape index (κ1) is 19.8. The zero-order chi connectivity index (χ0) is 21.7. The number of aryl methyl sites for hydroxylation is 1. The van der Waals surface area contributed by atoms with Crippen molar-refractivity contribution in [1.82, 2.24) is 24.6 Å². The highest BCUT2D eigenvalue weighted by atomic mass is 32.2. The fourth-order valence-corrected chi connectivity index (χ4v) is 6.06. The third-order valence-electron chi connectivity index (χ3n) is 6.65. The second kappa shape index (κ2) is 7.91. The average Bonchev–Trinajstić information content (AvgIpc) is 3.60. The molecule has 1 atom stereocenters. The van der Waals surface area contributed by atoms with E-state index in [1.165, 1.54) is 0 Å². The van der Waals surface area contributed by atoms with E-state index >= 15 is 0 Å². The Morgan fingerprint density at radius 1 is 1.22 bits per heavy atom. The van der Waals surface area contributed by atoms with E-state index in [2.05, 4.69) is 10.2 Å². The highest BCUT2D eigenvalue weighted by Gasteiger charge is 2.34. The number of nitrogens with zero attached hydrogens (tertiary/aromatic N) is 5. The number of rotatable bonds is 4. The second-order valence-electron chi connectivity index (χ2n) is 8.60. The van der Waals surface area contributed by atoms with Crippen molar-refractivity contribution in [3.63, 3.8) is 0 Å². The van der Waals surface area contributed by atoms with Crippen LogP contribution in [0, 0.1) is 0 Å². The maximum Gasteiger partial charge on any atom is 0.283 e. The molecule has 3 aliphatic rings. The Labute approximate surface area is 188 Å². The number of hydrogen-bond donors (Lipinski definition) is 0. The van der Waals surface area contributed by atoms with Crippen molar-refractivity contribution in [2.75, 3.05) is 18.8 Å². The number of carbonyl (C=O) groups is 1. The molecular weight excluding hydrogens is 430 g/mol. The van der Waals surface area contributed by atoms with Gasteiger partial charge in [-0.15, -0.1) is 10.2 Å². The van der Waals surface area contributed by atoms with E-state index in [9.17, 15) is 9.59 Å². The first-order chi connectivity index (χ1) is 15.7. The molecule has 3 aromatic rings. The summed E-state index contributed by atoms with van der Waals surface area (Å²) in [7, 11) is 0. The van der Waals surface area contributed by atoms with Crippen molar-refractivity contribution < 1.29 is 13.6 Å². The van der Waals surface area contributed by atoms with Crippen LogP contribution in [0.1, 0.15) is 54.8 Å². The lowest BCUT2D eigenvalue weighted by molar-refractivity contribution is -0.133. The number of aromatic nitrogens is 4. The topological polar surface area (TPSA) is 107 Å². The van der Waals surface area contributed by atoms with Gasteiger partial charge in [-0.25, -0.2) is 4.98 Å². The first-order valence-electron chi connectivity index (χ1n) is 11.1. The van der Waals surface area contributed by atoms with Crippen molar-refractivity contribution in [2.45, 2.75) is 55.6 Å². The number of piperidine rings is 1. The molecule has 166 valence electrons. The maximum atomic E-state index is 13.0. The van der Waals surface area contributed by atoms with Crippen LogP contribution in [0.5, 0.6) is 0 Å². The minimum atomic E-state index is -0.113. The Kier molecular flexibility index (Phi) is 4.89. The Hall–Kier alpha value is -2.88. The maximum absolute atomic E-state index is 13.0. The quantitative estimate of drug-likeness (QED) is 0.555. The molecule has 3 aromatic heterocycles. The van der Waals surface area contributed by atoms with Gasteiger partial charge in [-0.2, -0.15) is 0 Å². The third kappa shape index (κ3) is 3.37. The summed E-state index contributed by atoms with van der Waals surface area (Å²) in [6.45, 7) is 1.29. The Balaban J connectivity index is 1.10. The van der Waals surface area contributed by atoms with Crippen LogP contribution >= 0.6 is 11.8 Å². The number of fused-ring (bicyclic) bond motifs is 2. The molecule has 0 aromatic carbocycles. The molecule has 1 amide bonds. The fraction of sp³-hybridized carbons (Fsp3) is 0.500. The summed E-state index contributed by atoms with van der Waals surface area (Å²) in [4.78, 5) is 32.6. The number of carbonyl (C=O) groups excluding carboxylic acids is 1. The van der Waals surface area contributed by atoms with Gasteiger partial charge in [0, 0.05) is 36.7 Å². The predicted molar refractivity (Wildman–Crippen MR) is 115 cm³/mol. The monoisotopic (exact) mass is 453 g/mol. The van der Waals surface area contributed by atoms with Crippen LogP contribution in [0.3, 0.4) is 0 Å². The van der Waals surface area contributed by atoms with Crippen molar-refractivity contribution in [3.8, 4) is 11.7 Å². The van der Waals surface area contributed by atoms with Crippen LogP contribution in [0.25, 0.3) is 11.7 Å². The minimum Gasteiger partial charge on any atom is -0.459 e. The van der Waals surface area contributed by atoms with E-state index in [-0.39, 0.29) is 23.4 Å². The molecule has 0 bridgehead atoms. The van der Waals surface area contributed by atoms with E-state index in [0.717, 1.165) is 54.3 Å². The highest BCUT2D eigenvalue weighted by molar-refractivity contribution is 7.99. The first-order valence-corrected chi connectivity index (χ1v) is 12.1. The molecule has 10 heteroatoms. The van der Waals surface area contributed by atoms with Gasteiger partial charge in [0.05, 0.1) is 18.0 Å². The van der Waals surface area contributed by atoms with Crippen LogP contribution in [0.15, 0.2) is 37.2 Å². The summed E-state index contributed by atoms with van der Waals surface area (Å²) in [5.74, 6) is 2.48. The Morgan fingerprint density at radius 3 is 2.91 bits per heavy atom. The molecular formula is C22H23N5O4S. The predicted octanol–water partition coefficient (Wildman–Crippen LogP) is 2.82. The molecule has 6 rings (SSSR count). The molecule has 9 nitrogen and oxygen atoms in total. The zero-order valence-corrected chi connectivity index (χ0v) is 18.3. The number of hydrogen-bond acceptors (Lipinski definition) is 8. The van der Waals surface area contributed by atoms with Crippen molar-refractivity contribution in [1.29, 1.82) is 0 Å². The summed E-state index contributed by atoms with van der Waals surface area (Å²) in [6, 6.07) is 3.45. The molecule has 1 saturated heterocycles. The number of likely N-dealkylation sites (tertiary alicyclic amines) is 1. The van der Waals surface area contributed by atoms with Crippen LogP contribution < -0.4 is 5.56 Å². The van der Waals surface area contributed by atoms with Gasteiger partial charge in [0.1, 0.15) is 0 Å². The molecule has 0 N–H and O–H groups in total. The number of amides is 1. The van der Waals surface area contributed by atoms with Crippen LogP contribution in [-0.2, 0) is 17.6 Å². The standard InChI is InChI=1S/C22H23N5O4S/c28-18(11-14-12-32-22-23-16-4-1-3-15(16)21(29)27(14)22)26-8-6-13(7-9-26)19-24-25-20(31-19)17-5-2-10-30-17/h2,5,10,13-14H,1,3-4,6-9,11-12H2. The number of thioether (sulfide) groups is 1. The van der Waals surface area contributed by atoms with E-state index in [0.29, 0.717) is 37.1 Å². The number of furan rings is 1. The van der Waals surface area contributed by atoms with Gasteiger partial charge in [-0.3, -0.25) is 14.2 Å². The molecule has 1 fully saturated rings. The normalized spacial score (nSPS) is 20.5. The van der Waals surface area contributed by atoms with E-state index in [4.69, 9.17) is 13.8 Å². The summed E-state index contributed by atoms with van der Waals surface area (Å²) in [5, 5.41) is 9.04. The average molecular weight is 454 g/mol. The van der Waals surface area contributed by atoms with E-state index < -0.39 is 0 Å². The molecule has 5 heterocycles. The van der Waals surface area contributed by atoms with Gasteiger partial charge in [0.25, 0.3) is 11.4 Å².